The normalized spacial score (nSPS) is 15.8. The molecule has 115 valence electrons. The van der Waals surface area contributed by atoms with Crippen molar-refractivity contribution in [2.45, 2.75) is 0 Å². The predicted octanol–water partition coefficient (Wildman–Crippen LogP) is 0.845. The maximum atomic E-state index is 11.1. The van der Waals surface area contributed by atoms with Crippen LogP contribution in [0.5, 0.6) is 5.75 Å². The van der Waals surface area contributed by atoms with Gasteiger partial charge in [-0.25, -0.2) is 4.98 Å². The molecule has 0 aliphatic carbocycles. The molecule has 1 aromatic heterocycles. The number of primary amides is 1. The molecule has 2 heterocycles. The molecule has 22 heavy (non-hydrogen) atoms. The Morgan fingerprint density at radius 1 is 1.41 bits per heavy atom. The fraction of sp³-hybridized carbons (Fsp3) is 0.375. The number of hydrogen-bond donors (Lipinski definition) is 1. The molecule has 1 saturated heterocycles. The van der Waals surface area contributed by atoms with E-state index in [1.807, 2.05) is 6.07 Å². The van der Waals surface area contributed by atoms with Gasteiger partial charge in [0.15, 0.2) is 0 Å². The number of fused-ring (bicyclic) bond motifs is 1. The van der Waals surface area contributed by atoms with Gasteiger partial charge in [0.1, 0.15) is 18.1 Å². The zero-order chi connectivity index (χ0) is 15.4. The van der Waals surface area contributed by atoms with Crippen molar-refractivity contribution in [1.29, 1.82) is 0 Å². The minimum Gasteiger partial charge on any atom is -0.492 e. The molecule has 0 atom stereocenters. The smallest absolute Gasteiger partial charge is 0.267 e. The highest BCUT2D eigenvalue weighted by Gasteiger charge is 2.10. The van der Waals surface area contributed by atoms with Crippen LogP contribution in [0.25, 0.3) is 10.9 Å². The van der Waals surface area contributed by atoms with E-state index >= 15 is 0 Å². The Kier molecular flexibility index (Phi) is 4.50. The molecular formula is C16H18N3O3. The second-order valence-electron chi connectivity index (χ2n) is 5.14. The summed E-state index contributed by atoms with van der Waals surface area (Å²) < 4.78 is 11.1. The molecule has 0 bridgehead atoms. The van der Waals surface area contributed by atoms with Crippen LogP contribution in [0.2, 0.25) is 0 Å². The first kappa shape index (κ1) is 14.7. The zero-order valence-electron chi connectivity index (χ0n) is 12.2. The largest absolute Gasteiger partial charge is 0.492 e. The summed E-state index contributed by atoms with van der Waals surface area (Å²) in [6, 6.07) is 10.1. The van der Waals surface area contributed by atoms with Crippen molar-refractivity contribution in [2.75, 3.05) is 39.5 Å². The molecule has 0 unspecified atom stereocenters. The van der Waals surface area contributed by atoms with Gasteiger partial charge in [0, 0.05) is 31.1 Å². The van der Waals surface area contributed by atoms with Gasteiger partial charge in [-0.15, -0.1) is 0 Å². The summed E-state index contributed by atoms with van der Waals surface area (Å²) in [5, 5.41) is 0.869. The number of carbonyl (C=O) groups excluding carboxylic acids is 1. The summed E-state index contributed by atoms with van der Waals surface area (Å²) in [5.74, 6) is 0.204. The van der Waals surface area contributed by atoms with Gasteiger partial charge in [0.2, 0.25) is 0 Å². The predicted molar refractivity (Wildman–Crippen MR) is 81.9 cm³/mol. The number of hydrogen-bond acceptors (Lipinski definition) is 5. The molecule has 2 N–H and O–H groups in total. The quantitative estimate of drug-likeness (QED) is 0.885. The minimum absolute atomic E-state index is 0.240. The lowest BCUT2D eigenvalue weighted by Gasteiger charge is -2.26. The molecule has 1 radical (unpaired) electrons. The van der Waals surface area contributed by atoms with Crippen molar-refractivity contribution in [3.8, 4) is 5.75 Å². The van der Waals surface area contributed by atoms with E-state index in [-0.39, 0.29) is 5.69 Å². The molecule has 2 aromatic rings. The third-order valence-corrected chi connectivity index (χ3v) is 3.61. The first-order valence-corrected chi connectivity index (χ1v) is 7.27. The van der Waals surface area contributed by atoms with Crippen LogP contribution in [0.3, 0.4) is 0 Å². The van der Waals surface area contributed by atoms with E-state index in [1.54, 1.807) is 18.2 Å². The van der Waals surface area contributed by atoms with Gasteiger partial charge in [0.05, 0.1) is 18.7 Å². The molecule has 0 saturated carbocycles. The van der Waals surface area contributed by atoms with Crippen LogP contribution in [0, 0.1) is 6.07 Å². The van der Waals surface area contributed by atoms with Gasteiger partial charge < -0.3 is 15.2 Å². The van der Waals surface area contributed by atoms with Crippen molar-refractivity contribution in [2.24, 2.45) is 5.73 Å². The Hall–Kier alpha value is -2.18. The number of nitrogens with zero attached hydrogens (tertiary/aromatic N) is 2. The van der Waals surface area contributed by atoms with Crippen molar-refractivity contribution in [1.82, 2.24) is 9.88 Å². The maximum absolute atomic E-state index is 11.1. The van der Waals surface area contributed by atoms with Crippen LogP contribution < -0.4 is 10.5 Å². The second-order valence-corrected chi connectivity index (χ2v) is 5.14. The summed E-state index contributed by atoms with van der Waals surface area (Å²) in [5.41, 5.74) is 6.07. The average molecular weight is 300 g/mol. The van der Waals surface area contributed by atoms with E-state index in [9.17, 15) is 4.79 Å². The number of rotatable bonds is 5. The molecule has 1 fully saturated rings. The van der Waals surface area contributed by atoms with Crippen molar-refractivity contribution < 1.29 is 14.3 Å². The molecule has 1 aliphatic heterocycles. The number of nitrogens with two attached hydrogens (primary N) is 1. The maximum Gasteiger partial charge on any atom is 0.267 e. The number of ether oxygens (including phenoxy) is 2. The fourth-order valence-corrected chi connectivity index (χ4v) is 2.37. The van der Waals surface area contributed by atoms with E-state index in [1.165, 1.54) is 0 Å². The van der Waals surface area contributed by atoms with E-state index in [0.29, 0.717) is 12.1 Å². The molecule has 3 rings (SSSR count). The Morgan fingerprint density at radius 2 is 2.23 bits per heavy atom. The standard InChI is InChI=1S/C16H18N3O3/c17-16(20)15-3-1-12-11-13(2-4-14(12)18-15)22-10-7-19-5-8-21-9-6-19/h1-3,11H,5-10H2,(H2,17,20). The lowest BCUT2D eigenvalue weighted by atomic mass is 10.2. The molecule has 1 aliphatic rings. The third kappa shape index (κ3) is 3.52. The summed E-state index contributed by atoms with van der Waals surface area (Å²) in [4.78, 5) is 17.6. The summed E-state index contributed by atoms with van der Waals surface area (Å²) in [6.07, 6.45) is 0. The highest BCUT2D eigenvalue weighted by molar-refractivity contribution is 5.93. The van der Waals surface area contributed by atoms with Gasteiger partial charge in [-0.3, -0.25) is 9.69 Å². The van der Waals surface area contributed by atoms with Gasteiger partial charge in [-0.1, -0.05) is 6.07 Å². The van der Waals surface area contributed by atoms with Crippen LogP contribution in [0.4, 0.5) is 0 Å². The highest BCUT2D eigenvalue weighted by Crippen LogP contribution is 2.19. The SMILES string of the molecule is NC(=O)c1ccc2cc(OCCN3CCOCC3)c[c]c2n1. The van der Waals surface area contributed by atoms with Gasteiger partial charge in [-0.2, -0.15) is 0 Å². The molecular weight excluding hydrogens is 282 g/mol. The van der Waals surface area contributed by atoms with Crippen LogP contribution in [0.1, 0.15) is 10.5 Å². The molecule has 1 aromatic carbocycles. The summed E-state index contributed by atoms with van der Waals surface area (Å²) in [6.45, 7) is 4.97. The lowest BCUT2D eigenvalue weighted by Crippen LogP contribution is -2.38. The Morgan fingerprint density at radius 3 is 3.00 bits per heavy atom. The van der Waals surface area contributed by atoms with Crippen molar-refractivity contribution >= 4 is 16.8 Å². The number of morpholine rings is 1. The highest BCUT2D eigenvalue weighted by atomic mass is 16.5. The van der Waals surface area contributed by atoms with E-state index in [4.69, 9.17) is 15.2 Å². The fourth-order valence-electron chi connectivity index (χ4n) is 2.37. The topological polar surface area (TPSA) is 77.7 Å². The van der Waals surface area contributed by atoms with Gasteiger partial charge >= 0.3 is 0 Å². The van der Waals surface area contributed by atoms with Crippen molar-refractivity contribution in [3.63, 3.8) is 0 Å². The number of carbonyl (C=O) groups is 1. The number of benzene rings is 1. The Bertz CT molecular complexity index is 669. The lowest BCUT2D eigenvalue weighted by molar-refractivity contribution is 0.0322. The van der Waals surface area contributed by atoms with E-state index in [2.05, 4.69) is 16.0 Å². The van der Waals surface area contributed by atoms with Gasteiger partial charge in [0.25, 0.3) is 5.91 Å². The first-order chi connectivity index (χ1) is 10.7. The molecule has 0 spiro atoms. The Labute approximate surface area is 128 Å². The number of pyridine rings is 1. The van der Waals surface area contributed by atoms with Crippen LogP contribution >= 0.6 is 0 Å². The van der Waals surface area contributed by atoms with E-state index in [0.717, 1.165) is 44.0 Å². The van der Waals surface area contributed by atoms with Crippen LogP contribution in [0.15, 0.2) is 24.3 Å². The van der Waals surface area contributed by atoms with Crippen LogP contribution in [-0.4, -0.2) is 55.2 Å². The number of amides is 1. The molecule has 1 amide bonds. The molecule has 6 heteroatoms. The van der Waals surface area contributed by atoms with E-state index < -0.39 is 5.91 Å². The number of aromatic nitrogens is 1. The minimum atomic E-state index is -0.541. The molecule has 6 nitrogen and oxygen atoms in total. The monoisotopic (exact) mass is 300 g/mol. The Balaban J connectivity index is 1.62. The van der Waals surface area contributed by atoms with Crippen LogP contribution in [-0.2, 0) is 4.74 Å². The second kappa shape index (κ2) is 6.72. The summed E-state index contributed by atoms with van der Waals surface area (Å²) >= 11 is 0. The average Bonchev–Trinajstić information content (AvgIpc) is 2.55. The zero-order valence-corrected chi connectivity index (χ0v) is 12.2. The third-order valence-electron chi connectivity index (χ3n) is 3.61. The van der Waals surface area contributed by atoms with Crippen molar-refractivity contribution in [3.05, 3.63) is 36.0 Å². The first-order valence-electron chi connectivity index (χ1n) is 7.27. The van der Waals surface area contributed by atoms with Gasteiger partial charge in [-0.05, 0) is 18.2 Å². The summed E-state index contributed by atoms with van der Waals surface area (Å²) in [7, 11) is 0.